The number of amides is 1. The molecule has 5 nitrogen and oxygen atoms in total. The van der Waals surface area contributed by atoms with Crippen molar-refractivity contribution in [3.63, 3.8) is 0 Å². The van der Waals surface area contributed by atoms with Gasteiger partial charge in [0.1, 0.15) is 0 Å². The van der Waals surface area contributed by atoms with Gasteiger partial charge in [-0.3, -0.25) is 14.8 Å². The van der Waals surface area contributed by atoms with Gasteiger partial charge in [0.15, 0.2) is 0 Å². The van der Waals surface area contributed by atoms with Crippen molar-refractivity contribution < 1.29 is 4.79 Å². The van der Waals surface area contributed by atoms with Crippen molar-refractivity contribution in [2.75, 3.05) is 7.05 Å². The third-order valence-electron chi connectivity index (χ3n) is 4.32. The van der Waals surface area contributed by atoms with Crippen LogP contribution < -0.4 is 5.73 Å². The number of hydrogen-bond acceptors (Lipinski definition) is 4. The molecular formula is C16H20N4O. The summed E-state index contributed by atoms with van der Waals surface area (Å²) < 4.78 is 0. The molecule has 2 aromatic rings. The summed E-state index contributed by atoms with van der Waals surface area (Å²) in [4.78, 5) is 22.9. The van der Waals surface area contributed by atoms with Crippen LogP contribution >= 0.6 is 0 Å². The SMILES string of the molecule is CN(C(=O)c1ccc2nccnc2c1)C1CCCCC1N. The number of fused-ring (bicyclic) bond motifs is 1. The highest BCUT2D eigenvalue weighted by molar-refractivity contribution is 5.97. The zero-order valence-corrected chi connectivity index (χ0v) is 12.2. The van der Waals surface area contributed by atoms with Gasteiger partial charge >= 0.3 is 0 Å². The highest BCUT2D eigenvalue weighted by Crippen LogP contribution is 2.23. The Hall–Kier alpha value is -2.01. The molecule has 1 aromatic heterocycles. The summed E-state index contributed by atoms with van der Waals surface area (Å²) in [7, 11) is 1.85. The molecular weight excluding hydrogens is 264 g/mol. The molecule has 2 atom stereocenters. The summed E-state index contributed by atoms with van der Waals surface area (Å²) in [6.45, 7) is 0. The molecule has 1 saturated carbocycles. The van der Waals surface area contributed by atoms with E-state index in [4.69, 9.17) is 5.73 Å². The molecule has 2 N–H and O–H groups in total. The molecule has 1 amide bonds. The largest absolute Gasteiger partial charge is 0.337 e. The number of rotatable bonds is 2. The second-order valence-corrected chi connectivity index (χ2v) is 5.69. The Bertz CT molecular complexity index is 658. The second kappa shape index (κ2) is 5.77. The Morgan fingerprint density at radius 2 is 1.90 bits per heavy atom. The average Bonchev–Trinajstić information content (AvgIpc) is 2.53. The van der Waals surface area contributed by atoms with Gasteiger partial charge in [-0.15, -0.1) is 0 Å². The summed E-state index contributed by atoms with van der Waals surface area (Å²) in [5, 5.41) is 0. The first-order chi connectivity index (χ1) is 10.2. The van der Waals surface area contributed by atoms with Crippen LogP contribution in [0.5, 0.6) is 0 Å². The normalized spacial score (nSPS) is 22.2. The van der Waals surface area contributed by atoms with Gasteiger partial charge in [0.2, 0.25) is 0 Å². The summed E-state index contributed by atoms with van der Waals surface area (Å²) >= 11 is 0. The lowest BCUT2D eigenvalue weighted by Gasteiger charge is -2.36. The fourth-order valence-corrected chi connectivity index (χ4v) is 3.07. The molecule has 0 saturated heterocycles. The van der Waals surface area contributed by atoms with Gasteiger partial charge in [-0.25, -0.2) is 0 Å². The first-order valence-corrected chi connectivity index (χ1v) is 7.40. The van der Waals surface area contributed by atoms with Crippen molar-refractivity contribution in [1.29, 1.82) is 0 Å². The lowest BCUT2D eigenvalue weighted by molar-refractivity contribution is 0.0672. The van der Waals surface area contributed by atoms with Crippen molar-refractivity contribution in [3.8, 4) is 0 Å². The monoisotopic (exact) mass is 284 g/mol. The number of carbonyl (C=O) groups is 1. The van der Waals surface area contributed by atoms with Crippen LogP contribution in [-0.4, -0.2) is 39.9 Å². The molecule has 1 aliphatic carbocycles. The molecule has 2 unspecified atom stereocenters. The molecule has 0 aliphatic heterocycles. The average molecular weight is 284 g/mol. The molecule has 21 heavy (non-hydrogen) atoms. The lowest BCUT2D eigenvalue weighted by atomic mass is 9.90. The van der Waals surface area contributed by atoms with Crippen molar-refractivity contribution in [3.05, 3.63) is 36.2 Å². The van der Waals surface area contributed by atoms with E-state index in [-0.39, 0.29) is 18.0 Å². The second-order valence-electron chi connectivity index (χ2n) is 5.69. The lowest BCUT2D eigenvalue weighted by Crippen LogP contribution is -2.50. The number of nitrogens with zero attached hydrogens (tertiary/aromatic N) is 3. The van der Waals surface area contributed by atoms with Crippen LogP contribution in [0.4, 0.5) is 0 Å². The quantitative estimate of drug-likeness (QED) is 0.915. The smallest absolute Gasteiger partial charge is 0.253 e. The summed E-state index contributed by atoms with van der Waals surface area (Å²) in [6, 6.07) is 5.65. The third kappa shape index (κ3) is 2.74. The van der Waals surface area contributed by atoms with Gasteiger partial charge in [-0.05, 0) is 31.0 Å². The van der Waals surface area contributed by atoms with Crippen molar-refractivity contribution in [2.45, 2.75) is 37.8 Å². The van der Waals surface area contributed by atoms with Crippen LogP contribution in [0, 0.1) is 0 Å². The van der Waals surface area contributed by atoms with E-state index in [9.17, 15) is 4.79 Å². The Morgan fingerprint density at radius 3 is 2.67 bits per heavy atom. The fraction of sp³-hybridized carbons (Fsp3) is 0.438. The Morgan fingerprint density at radius 1 is 1.19 bits per heavy atom. The number of nitrogens with two attached hydrogens (primary N) is 1. The van der Waals surface area contributed by atoms with E-state index in [2.05, 4.69) is 9.97 Å². The standard InChI is InChI=1S/C16H20N4O/c1-20(15-5-3-2-4-12(15)17)16(21)11-6-7-13-14(10-11)19-9-8-18-13/h6-10,12,15H,2-5,17H2,1H3. The fourth-order valence-electron chi connectivity index (χ4n) is 3.07. The minimum Gasteiger partial charge on any atom is -0.337 e. The van der Waals surface area contributed by atoms with E-state index >= 15 is 0 Å². The van der Waals surface area contributed by atoms with E-state index in [0.29, 0.717) is 5.56 Å². The highest BCUT2D eigenvalue weighted by atomic mass is 16.2. The number of aromatic nitrogens is 2. The highest BCUT2D eigenvalue weighted by Gasteiger charge is 2.28. The zero-order valence-electron chi connectivity index (χ0n) is 12.2. The van der Waals surface area contributed by atoms with E-state index in [1.807, 2.05) is 19.2 Å². The van der Waals surface area contributed by atoms with Crippen LogP contribution in [0.1, 0.15) is 36.0 Å². The van der Waals surface area contributed by atoms with E-state index in [1.165, 1.54) is 0 Å². The Kier molecular flexibility index (Phi) is 3.84. The number of hydrogen-bond donors (Lipinski definition) is 1. The first-order valence-electron chi connectivity index (χ1n) is 7.40. The first kappa shape index (κ1) is 13.9. The molecule has 0 spiro atoms. The molecule has 1 aromatic carbocycles. The van der Waals surface area contributed by atoms with Gasteiger partial charge in [-0.2, -0.15) is 0 Å². The van der Waals surface area contributed by atoms with E-state index in [1.54, 1.807) is 23.4 Å². The van der Waals surface area contributed by atoms with Crippen LogP contribution in [0.3, 0.4) is 0 Å². The van der Waals surface area contributed by atoms with Crippen LogP contribution in [0.2, 0.25) is 0 Å². The number of benzene rings is 1. The van der Waals surface area contributed by atoms with E-state index in [0.717, 1.165) is 36.7 Å². The topological polar surface area (TPSA) is 72.1 Å². The molecule has 1 aliphatic rings. The van der Waals surface area contributed by atoms with Crippen molar-refractivity contribution in [1.82, 2.24) is 14.9 Å². The van der Waals surface area contributed by atoms with Gasteiger partial charge < -0.3 is 10.6 Å². The van der Waals surface area contributed by atoms with Crippen molar-refractivity contribution in [2.24, 2.45) is 5.73 Å². The number of carbonyl (C=O) groups excluding carboxylic acids is 1. The summed E-state index contributed by atoms with van der Waals surface area (Å²) in [6.07, 6.45) is 7.56. The molecule has 0 radical (unpaired) electrons. The maximum absolute atomic E-state index is 12.7. The molecule has 5 heteroatoms. The zero-order chi connectivity index (χ0) is 14.8. The molecule has 0 bridgehead atoms. The maximum atomic E-state index is 12.7. The predicted octanol–water partition coefficient (Wildman–Crippen LogP) is 1.97. The van der Waals surface area contributed by atoms with Crippen molar-refractivity contribution >= 4 is 16.9 Å². The van der Waals surface area contributed by atoms with Crippen LogP contribution in [0.15, 0.2) is 30.6 Å². The van der Waals surface area contributed by atoms with Gasteiger partial charge in [0.25, 0.3) is 5.91 Å². The Labute approximate surface area is 124 Å². The predicted molar refractivity (Wildman–Crippen MR) is 81.9 cm³/mol. The van der Waals surface area contributed by atoms with Crippen LogP contribution in [0.25, 0.3) is 11.0 Å². The minimum atomic E-state index is 0.00454. The van der Waals surface area contributed by atoms with Crippen LogP contribution in [-0.2, 0) is 0 Å². The molecule has 3 rings (SSSR count). The summed E-state index contributed by atoms with van der Waals surface area (Å²) in [5.74, 6) is 0.00454. The van der Waals surface area contributed by atoms with Gasteiger partial charge in [0.05, 0.1) is 11.0 Å². The molecule has 1 heterocycles. The minimum absolute atomic E-state index is 0.00454. The molecule has 1 fully saturated rings. The molecule has 110 valence electrons. The van der Waals surface area contributed by atoms with E-state index < -0.39 is 0 Å². The Balaban J connectivity index is 1.85. The maximum Gasteiger partial charge on any atom is 0.253 e. The van der Waals surface area contributed by atoms with Gasteiger partial charge in [0, 0.05) is 37.1 Å². The number of likely N-dealkylation sites (N-methyl/N-ethyl adjacent to an activating group) is 1. The third-order valence-corrected chi connectivity index (χ3v) is 4.32. The van der Waals surface area contributed by atoms with Gasteiger partial charge in [-0.1, -0.05) is 12.8 Å². The summed E-state index contributed by atoms with van der Waals surface area (Å²) in [5.41, 5.74) is 8.35.